The Kier molecular flexibility index (Phi) is 5.97. The van der Waals surface area contributed by atoms with Crippen LogP contribution in [0.3, 0.4) is 0 Å². The van der Waals surface area contributed by atoms with Gasteiger partial charge in [0, 0.05) is 0 Å². The van der Waals surface area contributed by atoms with Crippen molar-refractivity contribution in [2.75, 3.05) is 11.5 Å². The minimum absolute atomic E-state index is 0.682. The Morgan fingerprint density at radius 1 is 0.517 bits per heavy atom. The first kappa shape index (κ1) is 19.3. The summed E-state index contributed by atoms with van der Waals surface area (Å²) in [5.74, 6) is 3.22. The van der Waals surface area contributed by atoms with E-state index in [0.717, 1.165) is 23.0 Å². The van der Waals surface area contributed by atoms with E-state index in [0.29, 0.717) is 11.4 Å². The van der Waals surface area contributed by atoms with E-state index in [-0.39, 0.29) is 0 Å². The molecule has 4 aromatic rings. The summed E-state index contributed by atoms with van der Waals surface area (Å²) in [6.07, 6.45) is 0. The number of hydrogen-bond donors (Lipinski definition) is 2. The second-order valence-electron chi connectivity index (χ2n) is 6.40. The maximum atomic E-state index is 6.14. The number of ether oxygens (including phenoxy) is 2. The average molecular weight is 577 g/mol. The van der Waals surface area contributed by atoms with Crippen LogP contribution in [0.2, 0.25) is 0 Å². The minimum atomic E-state index is -1.31. The summed E-state index contributed by atoms with van der Waals surface area (Å²) >= 11 is -1.31. The molecule has 29 heavy (non-hydrogen) atoms. The molecule has 0 bridgehead atoms. The van der Waals surface area contributed by atoms with Crippen LogP contribution in [0.15, 0.2) is 97.1 Å². The third-order valence-electron chi connectivity index (χ3n) is 4.14. The molecule has 0 aliphatic carbocycles. The van der Waals surface area contributed by atoms with Crippen molar-refractivity contribution in [3.63, 3.8) is 0 Å². The first-order valence-electron chi connectivity index (χ1n) is 9.14. The molecular weight excluding hydrogens is 557 g/mol. The van der Waals surface area contributed by atoms with Crippen molar-refractivity contribution < 1.29 is 9.47 Å². The fraction of sp³-hybridized carbons (Fsp3) is 0. The summed E-state index contributed by atoms with van der Waals surface area (Å²) in [5, 5.41) is 0. The van der Waals surface area contributed by atoms with Gasteiger partial charge in [-0.2, -0.15) is 0 Å². The molecule has 0 spiro atoms. The van der Waals surface area contributed by atoms with Crippen LogP contribution < -0.4 is 27.5 Å². The Bertz CT molecular complexity index is 1040. The summed E-state index contributed by atoms with van der Waals surface area (Å²) in [4.78, 5) is 0. The van der Waals surface area contributed by atoms with Crippen molar-refractivity contribution in [3.05, 3.63) is 97.1 Å². The molecule has 4 aromatic carbocycles. The van der Waals surface area contributed by atoms with Crippen LogP contribution in [0.4, 0.5) is 11.4 Å². The summed E-state index contributed by atoms with van der Waals surface area (Å²) in [6.45, 7) is 0. The molecule has 0 saturated carbocycles. The standard InChI is InChI=1S/2C12H10NO.Bi/c2*13-10-5-4-8-12(9-10)14-11-6-2-1-3-7-11;/h2*1-6,8-9H,13H2;. The Morgan fingerprint density at radius 3 is 1.41 bits per heavy atom. The monoisotopic (exact) mass is 577 g/mol. The van der Waals surface area contributed by atoms with Crippen LogP contribution in [0.25, 0.3) is 0 Å². The summed E-state index contributed by atoms with van der Waals surface area (Å²) in [5.41, 5.74) is 13.1. The van der Waals surface area contributed by atoms with Gasteiger partial charge in [0.2, 0.25) is 0 Å². The van der Waals surface area contributed by atoms with Gasteiger partial charge in [-0.05, 0) is 0 Å². The van der Waals surface area contributed by atoms with Crippen LogP contribution in [-0.2, 0) is 0 Å². The molecular formula is C24H20BiN2O2. The SMILES string of the molecule is Nc1cccc(Oc2cccc[c]2[Bi][c]2ccccc2Oc2cccc(N)c2)c1. The summed E-state index contributed by atoms with van der Waals surface area (Å²) in [7, 11) is 0. The zero-order valence-corrected chi connectivity index (χ0v) is 19.1. The second-order valence-corrected chi connectivity index (χ2v) is 11.0. The van der Waals surface area contributed by atoms with E-state index >= 15 is 0 Å². The van der Waals surface area contributed by atoms with Crippen LogP contribution in [0.1, 0.15) is 0 Å². The number of nitrogens with two attached hydrogens (primary N) is 2. The first-order valence-corrected chi connectivity index (χ1v) is 12.6. The number of hydrogen-bond acceptors (Lipinski definition) is 4. The average Bonchev–Trinajstić information content (AvgIpc) is 2.71. The molecule has 0 amide bonds. The fourth-order valence-electron chi connectivity index (χ4n) is 2.81. The topological polar surface area (TPSA) is 70.5 Å². The molecule has 1 radical (unpaired) electrons. The Labute approximate surface area is 181 Å². The van der Waals surface area contributed by atoms with Crippen molar-refractivity contribution in [2.45, 2.75) is 0 Å². The molecule has 0 aliphatic rings. The van der Waals surface area contributed by atoms with E-state index in [1.165, 1.54) is 6.54 Å². The number of anilines is 2. The molecule has 0 aromatic heterocycles. The molecule has 5 heteroatoms. The zero-order chi connectivity index (χ0) is 20.1. The predicted molar refractivity (Wildman–Crippen MR) is 120 cm³/mol. The summed E-state index contributed by atoms with van der Waals surface area (Å²) < 4.78 is 14.8. The molecule has 0 heterocycles. The zero-order valence-electron chi connectivity index (χ0n) is 15.7. The molecule has 0 saturated heterocycles. The molecule has 0 atom stereocenters. The number of rotatable bonds is 6. The van der Waals surface area contributed by atoms with Crippen LogP contribution in [0.5, 0.6) is 23.0 Å². The van der Waals surface area contributed by atoms with Gasteiger partial charge < -0.3 is 0 Å². The van der Waals surface area contributed by atoms with Crippen molar-refractivity contribution >= 4 is 41.2 Å². The van der Waals surface area contributed by atoms with E-state index in [9.17, 15) is 0 Å². The van der Waals surface area contributed by atoms with Gasteiger partial charge in [0.1, 0.15) is 0 Å². The Morgan fingerprint density at radius 2 is 0.966 bits per heavy atom. The van der Waals surface area contributed by atoms with Gasteiger partial charge in [0.25, 0.3) is 0 Å². The second kappa shape index (κ2) is 8.98. The van der Waals surface area contributed by atoms with Crippen molar-refractivity contribution in [1.82, 2.24) is 0 Å². The van der Waals surface area contributed by atoms with Gasteiger partial charge >= 0.3 is 182 Å². The van der Waals surface area contributed by atoms with Crippen LogP contribution in [0, 0.1) is 0 Å². The number of benzene rings is 4. The maximum absolute atomic E-state index is 6.14. The molecule has 0 fully saturated rings. The predicted octanol–water partition coefficient (Wildman–Crippen LogP) is 4.09. The van der Waals surface area contributed by atoms with Gasteiger partial charge in [-0.15, -0.1) is 0 Å². The van der Waals surface area contributed by atoms with E-state index in [2.05, 4.69) is 12.1 Å². The van der Waals surface area contributed by atoms with E-state index < -0.39 is 23.2 Å². The van der Waals surface area contributed by atoms with Crippen molar-refractivity contribution in [2.24, 2.45) is 0 Å². The van der Waals surface area contributed by atoms with Gasteiger partial charge in [-0.1, -0.05) is 0 Å². The van der Waals surface area contributed by atoms with Gasteiger partial charge in [-0.3, -0.25) is 0 Å². The van der Waals surface area contributed by atoms with E-state index in [1.807, 2.05) is 84.9 Å². The van der Waals surface area contributed by atoms with Crippen molar-refractivity contribution in [3.8, 4) is 23.0 Å². The van der Waals surface area contributed by atoms with Crippen LogP contribution >= 0.6 is 0 Å². The molecule has 143 valence electrons. The van der Waals surface area contributed by atoms with Gasteiger partial charge in [0.15, 0.2) is 0 Å². The molecule has 4 nitrogen and oxygen atoms in total. The summed E-state index contributed by atoms with van der Waals surface area (Å²) in [6, 6.07) is 31.3. The normalized spacial score (nSPS) is 10.5. The van der Waals surface area contributed by atoms with Gasteiger partial charge in [0.05, 0.1) is 0 Å². The third-order valence-corrected chi connectivity index (χ3v) is 8.89. The van der Waals surface area contributed by atoms with Gasteiger partial charge in [-0.25, -0.2) is 0 Å². The molecule has 0 aliphatic heterocycles. The van der Waals surface area contributed by atoms with E-state index in [1.54, 1.807) is 0 Å². The quantitative estimate of drug-likeness (QED) is 0.268. The number of nitrogen functional groups attached to an aromatic ring is 2. The number of para-hydroxylation sites is 2. The van der Waals surface area contributed by atoms with E-state index in [4.69, 9.17) is 20.9 Å². The molecule has 0 unspecified atom stereocenters. The Balaban J connectivity index is 1.60. The van der Waals surface area contributed by atoms with Crippen LogP contribution in [-0.4, -0.2) is 23.2 Å². The first-order chi connectivity index (χ1) is 14.2. The molecule has 4 N–H and O–H groups in total. The Hall–Kier alpha value is -3.04. The molecule has 4 rings (SSSR count). The van der Waals surface area contributed by atoms with Crippen molar-refractivity contribution in [1.29, 1.82) is 0 Å². The fourth-order valence-corrected chi connectivity index (χ4v) is 6.86. The third kappa shape index (κ3) is 5.07.